The van der Waals surface area contributed by atoms with Crippen LogP contribution in [0.3, 0.4) is 0 Å². The lowest BCUT2D eigenvalue weighted by molar-refractivity contribution is -0.134. The Bertz CT molecular complexity index is 228. The number of alkyl halides is 1. The van der Waals surface area contributed by atoms with Crippen molar-refractivity contribution < 1.29 is 4.79 Å². The molecule has 0 radical (unpaired) electrons. The van der Waals surface area contributed by atoms with Crippen molar-refractivity contribution in [3.63, 3.8) is 0 Å². The number of likely N-dealkylation sites (N-methyl/N-ethyl adjacent to an activating group) is 1. The predicted molar refractivity (Wildman–Crippen MR) is 61.7 cm³/mol. The Balaban J connectivity index is 2.64. The molecule has 1 saturated heterocycles. The molecule has 1 heterocycles. The Morgan fingerprint density at radius 2 is 2.00 bits per heavy atom. The minimum Gasteiger partial charge on any atom is -0.339 e. The van der Waals surface area contributed by atoms with Crippen LogP contribution in [0.25, 0.3) is 0 Å². The molecule has 1 unspecified atom stereocenters. The highest BCUT2D eigenvalue weighted by Crippen LogP contribution is 2.20. The Morgan fingerprint density at radius 1 is 1.43 bits per heavy atom. The Morgan fingerprint density at radius 3 is 2.43 bits per heavy atom. The van der Waals surface area contributed by atoms with E-state index >= 15 is 0 Å². The van der Waals surface area contributed by atoms with Gasteiger partial charge in [0.2, 0.25) is 5.91 Å². The van der Waals surface area contributed by atoms with Crippen LogP contribution < -0.4 is 0 Å². The van der Waals surface area contributed by atoms with E-state index in [-0.39, 0.29) is 16.3 Å². The van der Waals surface area contributed by atoms with E-state index in [1.165, 1.54) is 0 Å². The van der Waals surface area contributed by atoms with Crippen LogP contribution >= 0.6 is 15.9 Å². The Hall–Kier alpha value is -0.0900. The number of hydrogen-bond donors (Lipinski definition) is 0. The van der Waals surface area contributed by atoms with Crippen LogP contribution in [0.4, 0.5) is 0 Å². The van der Waals surface area contributed by atoms with Gasteiger partial charge < -0.3 is 4.90 Å². The molecule has 0 bridgehead atoms. The van der Waals surface area contributed by atoms with Crippen LogP contribution in [0, 0.1) is 0 Å². The molecule has 1 amide bonds. The van der Waals surface area contributed by atoms with Gasteiger partial charge in [-0.3, -0.25) is 9.69 Å². The summed E-state index contributed by atoms with van der Waals surface area (Å²) in [5.74, 6) is 0.200. The summed E-state index contributed by atoms with van der Waals surface area (Å²) in [6.45, 7) is 8.84. The highest BCUT2D eigenvalue weighted by Gasteiger charge is 2.33. The quantitative estimate of drug-likeness (QED) is 0.666. The summed E-state index contributed by atoms with van der Waals surface area (Å²) in [5, 5.41) is 0. The van der Waals surface area contributed by atoms with Gasteiger partial charge in [-0.1, -0.05) is 15.9 Å². The number of carbonyl (C=O) groups excluding carboxylic acids is 1. The monoisotopic (exact) mass is 262 g/mol. The summed E-state index contributed by atoms with van der Waals surface area (Å²) in [6.07, 6.45) is 0. The molecule has 1 rings (SSSR count). The minimum absolute atomic E-state index is 0.0679. The van der Waals surface area contributed by atoms with E-state index < -0.39 is 0 Å². The second-order valence-corrected chi connectivity index (χ2v) is 5.98. The molecular weight excluding hydrogens is 244 g/mol. The lowest BCUT2D eigenvalue weighted by Crippen LogP contribution is -2.59. The smallest absolute Gasteiger partial charge is 0.236 e. The lowest BCUT2D eigenvalue weighted by Gasteiger charge is -2.45. The summed E-state index contributed by atoms with van der Waals surface area (Å²) in [5.41, 5.74) is 0.0931. The summed E-state index contributed by atoms with van der Waals surface area (Å²) in [7, 11) is 2.11. The summed E-state index contributed by atoms with van der Waals surface area (Å²) in [6, 6.07) is 0. The summed E-state index contributed by atoms with van der Waals surface area (Å²) in [4.78, 5) is 15.9. The zero-order valence-electron chi connectivity index (χ0n) is 9.38. The van der Waals surface area contributed by atoms with E-state index in [1.54, 1.807) is 0 Å². The van der Waals surface area contributed by atoms with Crippen LogP contribution in [0.2, 0.25) is 0 Å². The molecule has 0 aromatic carbocycles. The standard InChI is InChI=1S/C10H19BrN2O/c1-8(11)9(14)13-6-5-12(4)10(2,3)7-13/h8H,5-7H2,1-4H3. The first-order valence-corrected chi connectivity index (χ1v) is 5.90. The highest BCUT2D eigenvalue weighted by molar-refractivity contribution is 9.10. The molecule has 0 aromatic heterocycles. The highest BCUT2D eigenvalue weighted by atomic mass is 79.9. The molecule has 3 nitrogen and oxygen atoms in total. The van der Waals surface area contributed by atoms with Crippen LogP contribution in [-0.2, 0) is 4.79 Å². The first-order valence-electron chi connectivity index (χ1n) is 4.99. The van der Waals surface area contributed by atoms with E-state index in [9.17, 15) is 4.79 Å². The Labute approximate surface area is 94.6 Å². The molecule has 0 N–H and O–H groups in total. The largest absolute Gasteiger partial charge is 0.339 e. The van der Waals surface area contributed by atoms with Gasteiger partial charge in [-0.25, -0.2) is 0 Å². The fraction of sp³-hybridized carbons (Fsp3) is 0.900. The van der Waals surface area contributed by atoms with Crippen LogP contribution in [0.1, 0.15) is 20.8 Å². The van der Waals surface area contributed by atoms with Gasteiger partial charge in [0.1, 0.15) is 0 Å². The number of halogens is 1. The molecule has 0 saturated carbocycles. The maximum atomic E-state index is 11.8. The number of piperazine rings is 1. The topological polar surface area (TPSA) is 23.6 Å². The van der Waals surface area contributed by atoms with E-state index in [4.69, 9.17) is 0 Å². The van der Waals surface area contributed by atoms with Gasteiger partial charge in [0.05, 0.1) is 4.83 Å². The number of carbonyl (C=O) groups is 1. The second-order valence-electron chi connectivity index (χ2n) is 4.61. The number of hydrogen-bond acceptors (Lipinski definition) is 2. The van der Waals surface area contributed by atoms with Gasteiger partial charge in [-0.2, -0.15) is 0 Å². The number of amides is 1. The number of rotatable bonds is 1. The van der Waals surface area contributed by atoms with Crippen molar-refractivity contribution in [2.45, 2.75) is 31.1 Å². The lowest BCUT2D eigenvalue weighted by atomic mass is 9.99. The first-order chi connectivity index (χ1) is 6.34. The van der Waals surface area contributed by atoms with Gasteiger partial charge in [-0.05, 0) is 27.8 Å². The molecule has 1 fully saturated rings. The zero-order chi connectivity index (χ0) is 10.9. The molecule has 0 spiro atoms. The fourth-order valence-corrected chi connectivity index (χ4v) is 1.97. The minimum atomic E-state index is -0.0679. The zero-order valence-corrected chi connectivity index (χ0v) is 11.0. The molecule has 1 aliphatic heterocycles. The normalized spacial score (nSPS) is 24.8. The van der Waals surface area contributed by atoms with Crippen LogP contribution in [0.15, 0.2) is 0 Å². The molecule has 1 aliphatic rings. The van der Waals surface area contributed by atoms with Crippen LogP contribution in [0.5, 0.6) is 0 Å². The van der Waals surface area contributed by atoms with Gasteiger partial charge in [0.25, 0.3) is 0 Å². The van der Waals surface area contributed by atoms with Crippen molar-refractivity contribution in [2.75, 3.05) is 26.7 Å². The van der Waals surface area contributed by atoms with Gasteiger partial charge in [-0.15, -0.1) is 0 Å². The second kappa shape index (κ2) is 4.19. The average molecular weight is 263 g/mol. The predicted octanol–water partition coefficient (Wildman–Crippen LogP) is 1.32. The van der Waals surface area contributed by atoms with Crippen molar-refractivity contribution in [2.24, 2.45) is 0 Å². The molecule has 14 heavy (non-hydrogen) atoms. The van der Waals surface area contributed by atoms with E-state index in [0.29, 0.717) is 0 Å². The molecule has 0 aliphatic carbocycles. The average Bonchev–Trinajstić information content (AvgIpc) is 2.08. The number of nitrogens with zero attached hydrogens (tertiary/aromatic N) is 2. The van der Waals surface area contributed by atoms with Crippen molar-refractivity contribution in [3.8, 4) is 0 Å². The first kappa shape index (κ1) is 12.0. The SMILES string of the molecule is CC(Br)C(=O)N1CCN(C)C(C)(C)C1. The molecule has 1 atom stereocenters. The van der Waals surface area contributed by atoms with Gasteiger partial charge >= 0.3 is 0 Å². The van der Waals surface area contributed by atoms with Gasteiger partial charge in [0.15, 0.2) is 0 Å². The van der Waals surface area contributed by atoms with Crippen LogP contribution in [-0.4, -0.2) is 52.8 Å². The summed E-state index contributed by atoms with van der Waals surface area (Å²) >= 11 is 3.32. The molecule has 4 heteroatoms. The van der Waals surface area contributed by atoms with E-state index in [0.717, 1.165) is 19.6 Å². The van der Waals surface area contributed by atoms with Crippen molar-refractivity contribution in [1.82, 2.24) is 9.80 Å². The third-order valence-electron chi connectivity index (χ3n) is 2.97. The van der Waals surface area contributed by atoms with Gasteiger partial charge in [0, 0.05) is 25.2 Å². The third kappa shape index (κ3) is 2.48. The van der Waals surface area contributed by atoms with Crippen molar-refractivity contribution in [1.29, 1.82) is 0 Å². The van der Waals surface area contributed by atoms with Crippen molar-refractivity contribution in [3.05, 3.63) is 0 Å². The van der Waals surface area contributed by atoms with E-state index in [2.05, 4.69) is 41.7 Å². The van der Waals surface area contributed by atoms with Crippen molar-refractivity contribution >= 4 is 21.8 Å². The third-order valence-corrected chi connectivity index (χ3v) is 3.36. The maximum Gasteiger partial charge on any atom is 0.236 e. The fourth-order valence-electron chi connectivity index (χ4n) is 1.68. The summed E-state index contributed by atoms with van der Waals surface area (Å²) < 4.78 is 0. The molecular formula is C10H19BrN2O. The van der Waals surface area contributed by atoms with E-state index in [1.807, 2.05) is 11.8 Å². The Kier molecular flexibility index (Phi) is 3.58. The molecule has 82 valence electrons. The maximum absolute atomic E-state index is 11.8. The molecule has 0 aromatic rings.